The number of aromatic amines is 1. The average Bonchev–Trinajstić information content (AvgIpc) is 3.32. The summed E-state index contributed by atoms with van der Waals surface area (Å²) < 4.78 is 12.8. The summed E-state index contributed by atoms with van der Waals surface area (Å²) >= 11 is 5.43. The summed E-state index contributed by atoms with van der Waals surface area (Å²) in [6.07, 6.45) is 9.97. The molecule has 1 aliphatic carbocycles. The number of nitrogens with one attached hydrogen (secondary N) is 2. The summed E-state index contributed by atoms with van der Waals surface area (Å²) in [5.74, 6) is 1.48. The van der Waals surface area contributed by atoms with Gasteiger partial charge in [-0.05, 0) is 56.8 Å². The van der Waals surface area contributed by atoms with Crippen molar-refractivity contribution in [3.63, 3.8) is 0 Å². The lowest BCUT2D eigenvalue weighted by Crippen LogP contribution is -3.18. The lowest BCUT2D eigenvalue weighted by Gasteiger charge is -2.38. The van der Waals surface area contributed by atoms with Gasteiger partial charge in [-0.1, -0.05) is 12.8 Å². The predicted molar refractivity (Wildman–Crippen MR) is 132 cm³/mol. The Hall–Kier alpha value is -2.39. The highest BCUT2D eigenvalue weighted by molar-refractivity contribution is 7.71. The molecule has 0 atom stereocenters. The first-order valence-electron chi connectivity index (χ1n) is 12.8. The van der Waals surface area contributed by atoms with Crippen LogP contribution in [0.1, 0.15) is 57.8 Å². The molecule has 0 spiro atoms. The molecule has 3 aliphatic rings. The van der Waals surface area contributed by atoms with Crippen LogP contribution in [0.15, 0.2) is 16.9 Å². The zero-order chi connectivity index (χ0) is 23.5. The van der Waals surface area contributed by atoms with Crippen LogP contribution in [-0.2, 0) is 11.3 Å². The summed E-state index contributed by atoms with van der Waals surface area (Å²) in [6, 6.07) is 4.30. The molecular weight excluding hydrogens is 452 g/mol. The van der Waals surface area contributed by atoms with Gasteiger partial charge < -0.3 is 24.3 Å². The maximum atomic E-state index is 13.0. The van der Waals surface area contributed by atoms with E-state index in [9.17, 15) is 9.59 Å². The minimum absolute atomic E-state index is 0.119. The van der Waals surface area contributed by atoms with E-state index in [0.717, 1.165) is 51.5 Å². The van der Waals surface area contributed by atoms with E-state index in [1.807, 2.05) is 0 Å². The maximum Gasteiger partial charge on any atom is 0.262 e. The van der Waals surface area contributed by atoms with Crippen LogP contribution in [0, 0.1) is 4.77 Å². The normalized spacial score (nSPS) is 19.1. The molecule has 2 aliphatic heterocycles. The monoisotopic (exact) mass is 487 g/mol. The van der Waals surface area contributed by atoms with Crippen molar-refractivity contribution >= 4 is 29.0 Å². The first kappa shape index (κ1) is 23.4. The molecule has 34 heavy (non-hydrogen) atoms. The quantitative estimate of drug-likeness (QED) is 0.463. The molecule has 9 heteroatoms. The Morgan fingerprint density at radius 2 is 1.79 bits per heavy atom. The number of hydrogen-bond acceptors (Lipinski definition) is 5. The Morgan fingerprint density at radius 1 is 1.06 bits per heavy atom. The van der Waals surface area contributed by atoms with Gasteiger partial charge in [0.1, 0.15) is 0 Å². The van der Waals surface area contributed by atoms with Crippen LogP contribution in [0.5, 0.6) is 11.5 Å². The summed E-state index contributed by atoms with van der Waals surface area (Å²) in [7, 11) is 0. The van der Waals surface area contributed by atoms with E-state index in [-0.39, 0.29) is 18.3 Å². The molecule has 1 aromatic carbocycles. The molecule has 1 saturated heterocycles. The van der Waals surface area contributed by atoms with Crippen molar-refractivity contribution in [3.8, 4) is 11.5 Å². The second-order valence-electron chi connectivity index (χ2n) is 9.82. The predicted octanol–water partition coefficient (Wildman–Crippen LogP) is 2.41. The van der Waals surface area contributed by atoms with Gasteiger partial charge in [-0.2, -0.15) is 0 Å². The Balaban J connectivity index is 1.08. The number of carbonyl (C=O) groups excluding carboxylic acids is 1. The van der Waals surface area contributed by atoms with Gasteiger partial charge in [0.2, 0.25) is 12.7 Å². The molecule has 184 valence electrons. The molecule has 0 bridgehead atoms. The molecule has 2 fully saturated rings. The number of piperazine rings is 1. The van der Waals surface area contributed by atoms with Crippen molar-refractivity contribution in [2.24, 2.45) is 0 Å². The van der Waals surface area contributed by atoms with Crippen molar-refractivity contribution in [2.45, 2.75) is 70.4 Å². The highest BCUT2D eigenvalue weighted by Crippen LogP contribution is 2.34. The van der Waals surface area contributed by atoms with Crippen molar-refractivity contribution in [1.29, 1.82) is 0 Å². The summed E-state index contributed by atoms with van der Waals surface area (Å²) in [4.78, 5) is 32.6. The number of quaternary nitrogens is 1. The summed E-state index contributed by atoms with van der Waals surface area (Å²) in [5, 5.41) is 0.544. The van der Waals surface area contributed by atoms with Crippen molar-refractivity contribution in [3.05, 3.63) is 27.3 Å². The first-order chi connectivity index (χ1) is 16.6. The molecule has 3 heterocycles. The van der Waals surface area contributed by atoms with Crippen LogP contribution >= 0.6 is 12.2 Å². The van der Waals surface area contributed by atoms with Gasteiger partial charge >= 0.3 is 0 Å². The fourth-order valence-corrected chi connectivity index (χ4v) is 5.97. The average molecular weight is 488 g/mol. The molecule has 1 amide bonds. The van der Waals surface area contributed by atoms with Crippen LogP contribution in [-0.4, -0.2) is 59.4 Å². The third kappa shape index (κ3) is 5.00. The third-order valence-electron chi connectivity index (χ3n) is 7.69. The van der Waals surface area contributed by atoms with Gasteiger partial charge in [-0.3, -0.25) is 14.2 Å². The van der Waals surface area contributed by atoms with E-state index < -0.39 is 0 Å². The molecule has 0 unspecified atom stereocenters. The standard InChI is InChI=1S/C25H34N4O4S/c30-23(28-13-11-27(12-14-28)18-7-3-1-4-8-18)9-5-2-6-10-29-24(31)19-15-21-22(33-17-32-21)16-20(19)26-25(29)34/h15-16,18H,1-14,17H2,(H,26,34)/p+1. The highest BCUT2D eigenvalue weighted by atomic mass is 32.1. The minimum atomic E-state index is -0.119. The molecule has 8 nitrogen and oxygen atoms in total. The summed E-state index contributed by atoms with van der Waals surface area (Å²) in [6.45, 7) is 4.68. The van der Waals surface area contributed by atoms with E-state index in [4.69, 9.17) is 21.7 Å². The number of rotatable bonds is 7. The smallest absolute Gasteiger partial charge is 0.262 e. The van der Waals surface area contributed by atoms with Crippen LogP contribution in [0.2, 0.25) is 0 Å². The first-order valence-corrected chi connectivity index (χ1v) is 13.2. The molecule has 0 radical (unpaired) electrons. The number of unbranched alkanes of at least 4 members (excludes halogenated alkanes) is 2. The van der Waals surface area contributed by atoms with E-state index >= 15 is 0 Å². The van der Waals surface area contributed by atoms with Gasteiger partial charge in [0, 0.05) is 19.0 Å². The fourth-order valence-electron chi connectivity index (χ4n) is 5.69. The molecule has 1 aromatic heterocycles. The number of benzene rings is 1. The number of fused-ring (bicyclic) bond motifs is 2. The largest absolute Gasteiger partial charge is 0.454 e. The van der Waals surface area contributed by atoms with E-state index in [1.165, 1.54) is 32.1 Å². The van der Waals surface area contributed by atoms with Gasteiger partial charge in [0.15, 0.2) is 16.3 Å². The Kier molecular flexibility index (Phi) is 7.20. The zero-order valence-electron chi connectivity index (χ0n) is 19.8. The number of ether oxygens (including phenoxy) is 2. The third-order valence-corrected chi connectivity index (χ3v) is 8.01. The maximum absolute atomic E-state index is 13.0. The van der Waals surface area contributed by atoms with Crippen LogP contribution in [0.25, 0.3) is 10.9 Å². The van der Waals surface area contributed by atoms with E-state index in [2.05, 4.69) is 9.88 Å². The number of amides is 1. The van der Waals surface area contributed by atoms with Gasteiger partial charge in [-0.15, -0.1) is 0 Å². The number of hydrogen-bond donors (Lipinski definition) is 2. The van der Waals surface area contributed by atoms with Crippen LogP contribution in [0.4, 0.5) is 0 Å². The van der Waals surface area contributed by atoms with E-state index in [0.29, 0.717) is 40.1 Å². The molecule has 1 saturated carbocycles. The molecular formula is C25H35N4O4S+. The molecule has 5 rings (SSSR count). The number of nitrogens with zero attached hydrogens (tertiary/aromatic N) is 2. The van der Waals surface area contributed by atoms with Gasteiger partial charge in [0.05, 0.1) is 43.1 Å². The highest BCUT2D eigenvalue weighted by Gasteiger charge is 2.29. The molecule has 2 N–H and O–H groups in total. The van der Waals surface area contributed by atoms with Crippen LogP contribution in [0.3, 0.4) is 0 Å². The number of H-pyrrole nitrogens is 1. The Morgan fingerprint density at radius 3 is 2.56 bits per heavy atom. The van der Waals surface area contributed by atoms with Crippen molar-refractivity contribution in [2.75, 3.05) is 33.0 Å². The lowest BCUT2D eigenvalue weighted by atomic mass is 9.94. The number of aromatic nitrogens is 2. The second kappa shape index (κ2) is 10.5. The number of carbonyl (C=O) groups is 1. The second-order valence-corrected chi connectivity index (χ2v) is 10.2. The van der Waals surface area contributed by atoms with Gasteiger partial charge in [0.25, 0.3) is 5.56 Å². The Bertz CT molecular complexity index is 1150. The van der Waals surface area contributed by atoms with Crippen molar-refractivity contribution < 1.29 is 19.2 Å². The topological polar surface area (TPSA) is 81.0 Å². The Labute approximate surface area is 204 Å². The minimum Gasteiger partial charge on any atom is -0.454 e. The lowest BCUT2D eigenvalue weighted by molar-refractivity contribution is -0.930. The summed E-state index contributed by atoms with van der Waals surface area (Å²) in [5.41, 5.74) is 0.540. The van der Waals surface area contributed by atoms with Crippen LogP contribution < -0.4 is 19.9 Å². The zero-order valence-corrected chi connectivity index (χ0v) is 20.6. The molecule has 2 aromatic rings. The van der Waals surface area contributed by atoms with Gasteiger partial charge in [-0.25, -0.2) is 0 Å². The van der Waals surface area contributed by atoms with Crippen molar-refractivity contribution in [1.82, 2.24) is 14.5 Å². The van der Waals surface area contributed by atoms with E-state index in [1.54, 1.807) is 21.6 Å². The fraction of sp³-hybridized carbons (Fsp3) is 0.640. The SMILES string of the molecule is O=C(CCCCCn1c(=S)[nH]c2cc3c(cc2c1=O)OCO3)N1CC[NH+](C2CCCCC2)CC1.